The summed E-state index contributed by atoms with van der Waals surface area (Å²) >= 11 is 0. The van der Waals surface area contributed by atoms with Gasteiger partial charge in [-0.2, -0.15) is 0 Å². The quantitative estimate of drug-likeness (QED) is 0.411. The van der Waals surface area contributed by atoms with E-state index in [1.807, 2.05) is 0 Å². The van der Waals surface area contributed by atoms with Crippen molar-refractivity contribution in [1.29, 1.82) is 0 Å². The van der Waals surface area contributed by atoms with Crippen molar-refractivity contribution in [3.8, 4) is 0 Å². The summed E-state index contributed by atoms with van der Waals surface area (Å²) in [6, 6.07) is 1.41. The van der Waals surface area contributed by atoms with Crippen LogP contribution in [0.3, 0.4) is 0 Å². The topological polar surface area (TPSA) is 67.4 Å². The van der Waals surface area contributed by atoms with Crippen molar-refractivity contribution in [2.75, 3.05) is 55.7 Å². The highest BCUT2D eigenvalue weighted by Crippen LogP contribution is 2.13. The molecular formula is C10H27NO6Si2. The first kappa shape index (κ1) is 19.2. The summed E-state index contributed by atoms with van der Waals surface area (Å²) in [6.07, 6.45) is 0. The van der Waals surface area contributed by atoms with Gasteiger partial charge in [-0.3, -0.25) is 0 Å². The third-order valence-corrected chi connectivity index (χ3v) is 8.54. The molecule has 19 heavy (non-hydrogen) atoms. The summed E-state index contributed by atoms with van der Waals surface area (Å²) in [6.45, 7) is 1.48. The van der Waals surface area contributed by atoms with E-state index in [0.717, 1.165) is 13.1 Å². The van der Waals surface area contributed by atoms with Gasteiger partial charge in [-0.1, -0.05) is 0 Å². The van der Waals surface area contributed by atoms with Crippen LogP contribution in [0, 0.1) is 0 Å². The van der Waals surface area contributed by atoms with Crippen LogP contribution < -0.4 is 5.32 Å². The molecule has 0 saturated carbocycles. The molecule has 0 aliphatic carbocycles. The van der Waals surface area contributed by atoms with Gasteiger partial charge >= 0.3 is 17.6 Å². The van der Waals surface area contributed by atoms with Gasteiger partial charge in [-0.05, 0) is 13.1 Å². The van der Waals surface area contributed by atoms with Gasteiger partial charge in [-0.25, -0.2) is 0 Å². The Hall–Kier alpha value is 0.154. The van der Waals surface area contributed by atoms with Gasteiger partial charge in [0.25, 0.3) is 0 Å². The molecule has 0 bridgehead atoms. The van der Waals surface area contributed by atoms with Crippen molar-refractivity contribution in [2.45, 2.75) is 12.1 Å². The lowest BCUT2D eigenvalue weighted by Gasteiger charge is -2.26. The van der Waals surface area contributed by atoms with Gasteiger partial charge in [0.05, 0.1) is 0 Å². The summed E-state index contributed by atoms with van der Waals surface area (Å²) in [7, 11) is 4.69. The van der Waals surface area contributed by atoms with Gasteiger partial charge in [0.15, 0.2) is 0 Å². The molecule has 0 amide bonds. The zero-order chi connectivity index (χ0) is 14.8. The van der Waals surface area contributed by atoms with E-state index in [4.69, 9.17) is 26.6 Å². The van der Waals surface area contributed by atoms with Gasteiger partial charge in [-0.15, -0.1) is 0 Å². The van der Waals surface area contributed by atoms with Crippen LogP contribution in [0.15, 0.2) is 0 Å². The predicted octanol–water partition coefficient (Wildman–Crippen LogP) is 0.332. The fourth-order valence-electron chi connectivity index (χ4n) is 1.72. The first-order valence-electron chi connectivity index (χ1n) is 6.09. The number of nitrogens with one attached hydrogen (secondary N) is 1. The lowest BCUT2D eigenvalue weighted by molar-refractivity contribution is 0.122. The first-order valence-corrected chi connectivity index (χ1v) is 9.95. The normalized spacial score (nSPS) is 12.9. The molecule has 0 atom stereocenters. The number of hydrogen-bond acceptors (Lipinski definition) is 7. The van der Waals surface area contributed by atoms with E-state index in [2.05, 4.69) is 5.32 Å². The highest BCUT2D eigenvalue weighted by molar-refractivity contribution is 6.61. The molecule has 116 valence electrons. The molecule has 1 N–H and O–H groups in total. The fourth-order valence-corrected chi connectivity index (χ4v) is 4.91. The Balaban J connectivity index is 3.98. The number of hydrogen-bond donors (Lipinski definition) is 1. The molecule has 0 aromatic rings. The van der Waals surface area contributed by atoms with E-state index in [-0.39, 0.29) is 0 Å². The van der Waals surface area contributed by atoms with Gasteiger partial charge in [0.1, 0.15) is 0 Å². The molecule has 0 rings (SSSR count). The second-order valence-corrected chi connectivity index (χ2v) is 10.0. The SMILES string of the molecule is CO[Si](CCNCC[Si](OC)(OC)OC)(OC)OC. The monoisotopic (exact) mass is 313 g/mol. The van der Waals surface area contributed by atoms with E-state index in [0.29, 0.717) is 12.1 Å². The second-order valence-electron chi connectivity index (χ2n) is 3.84. The lowest BCUT2D eigenvalue weighted by Crippen LogP contribution is -2.47. The molecule has 0 aliphatic heterocycles. The molecule has 0 aromatic heterocycles. The van der Waals surface area contributed by atoms with Crippen LogP contribution in [0.1, 0.15) is 0 Å². The Morgan fingerprint density at radius 3 is 1.05 bits per heavy atom. The van der Waals surface area contributed by atoms with Gasteiger partial charge in [0, 0.05) is 54.7 Å². The maximum atomic E-state index is 5.34. The third-order valence-electron chi connectivity index (χ3n) is 3.08. The molecule has 0 aliphatic rings. The molecule has 0 saturated heterocycles. The maximum absolute atomic E-state index is 5.34. The average molecular weight is 313 g/mol. The highest BCUT2D eigenvalue weighted by atomic mass is 28.4. The van der Waals surface area contributed by atoms with Crippen LogP contribution in [0.5, 0.6) is 0 Å². The minimum absolute atomic E-state index is 0.706. The smallest absolute Gasteiger partial charge is 0.377 e. The van der Waals surface area contributed by atoms with Crippen molar-refractivity contribution >= 4 is 17.6 Å². The van der Waals surface area contributed by atoms with Crippen molar-refractivity contribution in [1.82, 2.24) is 5.32 Å². The largest absolute Gasteiger partial charge is 0.501 e. The van der Waals surface area contributed by atoms with Crippen molar-refractivity contribution in [3.05, 3.63) is 0 Å². The molecule has 0 heterocycles. The summed E-state index contributed by atoms with van der Waals surface area (Å²) in [5.41, 5.74) is 0. The van der Waals surface area contributed by atoms with Crippen LogP contribution >= 0.6 is 0 Å². The molecular weight excluding hydrogens is 286 g/mol. The summed E-state index contributed by atoms with van der Waals surface area (Å²) < 4.78 is 32.0. The number of rotatable bonds is 12. The van der Waals surface area contributed by atoms with Crippen LogP contribution in [0.25, 0.3) is 0 Å². The fraction of sp³-hybridized carbons (Fsp3) is 1.00. The van der Waals surface area contributed by atoms with Crippen molar-refractivity contribution < 1.29 is 26.6 Å². The van der Waals surface area contributed by atoms with Crippen LogP contribution in [-0.4, -0.2) is 73.4 Å². The van der Waals surface area contributed by atoms with E-state index in [1.54, 1.807) is 42.7 Å². The molecule has 0 aromatic carbocycles. The summed E-state index contributed by atoms with van der Waals surface area (Å²) in [5.74, 6) is 0. The molecule has 0 spiro atoms. The van der Waals surface area contributed by atoms with Crippen LogP contribution in [0.4, 0.5) is 0 Å². The van der Waals surface area contributed by atoms with Gasteiger partial charge < -0.3 is 31.9 Å². The summed E-state index contributed by atoms with van der Waals surface area (Å²) in [5, 5.41) is 3.29. The predicted molar refractivity (Wildman–Crippen MR) is 76.0 cm³/mol. The van der Waals surface area contributed by atoms with E-state index < -0.39 is 17.6 Å². The van der Waals surface area contributed by atoms with Crippen molar-refractivity contribution in [3.63, 3.8) is 0 Å². The molecule has 0 fully saturated rings. The summed E-state index contributed by atoms with van der Waals surface area (Å²) in [4.78, 5) is 0. The Labute approximate surface area is 118 Å². The Bertz CT molecular complexity index is 188. The zero-order valence-corrected chi connectivity index (χ0v) is 14.8. The maximum Gasteiger partial charge on any atom is 0.501 e. The average Bonchev–Trinajstić information content (AvgIpc) is 2.48. The Kier molecular flexibility index (Phi) is 10.0. The molecule has 9 heteroatoms. The minimum Gasteiger partial charge on any atom is -0.377 e. The molecule has 0 radical (unpaired) electrons. The Morgan fingerprint density at radius 1 is 0.579 bits per heavy atom. The zero-order valence-electron chi connectivity index (χ0n) is 12.8. The van der Waals surface area contributed by atoms with E-state index >= 15 is 0 Å². The van der Waals surface area contributed by atoms with Crippen LogP contribution in [0.2, 0.25) is 12.1 Å². The highest BCUT2D eigenvalue weighted by Gasteiger charge is 2.38. The van der Waals surface area contributed by atoms with Gasteiger partial charge in [0.2, 0.25) is 0 Å². The van der Waals surface area contributed by atoms with E-state index in [9.17, 15) is 0 Å². The van der Waals surface area contributed by atoms with E-state index in [1.165, 1.54) is 0 Å². The Morgan fingerprint density at radius 2 is 0.842 bits per heavy atom. The van der Waals surface area contributed by atoms with Crippen molar-refractivity contribution in [2.24, 2.45) is 0 Å². The standard InChI is InChI=1S/C10H27NO6Si2/c1-12-18(13-2,14-3)9-7-11-8-10-19(15-4,16-5)17-6/h11H,7-10H2,1-6H3. The molecule has 7 nitrogen and oxygen atoms in total. The molecule has 0 unspecified atom stereocenters. The lowest BCUT2D eigenvalue weighted by atomic mass is 10.6. The minimum atomic E-state index is -2.48. The third kappa shape index (κ3) is 5.98. The van der Waals surface area contributed by atoms with Crippen LogP contribution in [-0.2, 0) is 26.6 Å². The second kappa shape index (κ2) is 9.96. The first-order chi connectivity index (χ1) is 9.07.